The van der Waals surface area contributed by atoms with Crippen molar-refractivity contribution in [3.63, 3.8) is 0 Å². The van der Waals surface area contributed by atoms with E-state index in [1.165, 1.54) is 7.11 Å². The molecule has 6 heteroatoms. The minimum atomic E-state index is -1.04. The predicted molar refractivity (Wildman–Crippen MR) is 59.3 cm³/mol. The number of urea groups is 1. The molecule has 0 saturated carbocycles. The summed E-state index contributed by atoms with van der Waals surface area (Å²) in [6.45, 7) is 5.62. The van der Waals surface area contributed by atoms with E-state index in [1.54, 1.807) is 20.8 Å². The van der Waals surface area contributed by atoms with E-state index < -0.39 is 18.0 Å². The second kappa shape index (κ2) is 7.05. The Balaban J connectivity index is 4.15. The lowest BCUT2D eigenvalue weighted by Gasteiger charge is -2.20. The van der Waals surface area contributed by atoms with E-state index in [9.17, 15) is 9.59 Å². The van der Waals surface area contributed by atoms with Crippen LogP contribution < -0.4 is 10.6 Å². The van der Waals surface area contributed by atoms with Crippen molar-refractivity contribution in [1.82, 2.24) is 10.6 Å². The standard InChI is InChI=1S/C10H20N2O4/c1-6(2)8(9(13)14)12-10(15)11-7(3)5-16-4/h6-8H,5H2,1-4H3,(H,13,14)(H2,11,12,15)/t7?,8-/m1/s1. The van der Waals surface area contributed by atoms with E-state index in [0.717, 1.165) is 0 Å². The van der Waals surface area contributed by atoms with E-state index >= 15 is 0 Å². The molecular formula is C10H20N2O4. The first kappa shape index (κ1) is 14.7. The van der Waals surface area contributed by atoms with Crippen molar-refractivity contribution in [2.75, 3.05) is 13.7 Å². The van der Waals surface area contributed by atoms with Gasteiger partial charge in [-0.2, -0.15) is 0 Å². The van der Waals surface area contributed by atoms with Gasteiger partial charge in [0.15, 0.2) is 0 Å². The lowest BCUT2D eigenvalue weighted by atomic mass is 10.1. The predicted octanol–water partition coefficient (Wildman–Crippen LogP) is 0.430. The number of aliphatic carboxylic acids is 1. The van der Waals surface area contributed by atoms with Crippen molar-refractivity contribution < 1.29 is 19.4 Å². The summed E-state index contributed by atoms with van der Waals surface area (Å²) in [5, 5.41) is 13.8. The fourth-order valence-corrected chi connectivity index (χ4v) is 1.21. The average Bonchev–Trinajstić information content (AvgIpc) is 2.13. The number of ether oxygens (including phenoxy) is 1. The van der Waals surface area contributed by atoms with Crippen LogP contribution in [0.25, 0.3) is 0 Å². The van der Waals surface area contributed by atoms with Crippen LogP contribution in [0.15, 0.2) is 0 Å². The zero-order valence-electron chi connectivity index (χ0n) is 10.1. The number of nitrogens with one attached hydrogen (secondary N) is 2. The number of hydrogen-bond donors (Lipinski definition) is 3. The first-order valence-electron chi connectivity index (χ1n) is 5.17. The number of carboxylic acid groups (broad SMARTS) is 1. The Labute approximate surface area is 95.4 Å². The largest absolute Gasteiger partial charge is 0.480 e. The summed E-state index contributed by atoms with van der Waals surface area (Å²) in [5.74, 6) is -1.20. The molecule has 0 aliphatic heterocycles. The highest BCUT2D eigenvalue weighted by Gasteiger charge is 2.23. The first-order valence-corrected chi connectivity index (χ1v) is 5.17. The van der Waals surface area contributed by atoms with Gasteiger partial charge in [-0.05, 0) is 12.8 Å². The number of rotatable bonds is 6. The molecule has 3 N–H and O–H groups in total. The van der Waals surface area contributed by atoms with Gasteiger partial charge in [0.25, 0.3) is 0 Å². The smallest absolute Gasteiger partial charge is 0.326 e. The van der Waals surface area contributed by atoms with Crippen LogP contribution >= 0.6 is 0 Å². The lowest BCUT2D eigenvalue weighted by Crippen LogP contribution is -2.51. The highest BCUT2D eigenvalue weighted by molar-refractivity contribution is 5.82. The highest BCUT2D eigenvalue weighted by Crippen LogP contribution is 2.01. The number of hydrogen-bond acceptors (Lipinski definition) is 3. The molecule has 2 amide bonds. The third-order valence-electron chi connectivity index (χ3n) is 2.01. The van der Waals surface area contributed by atoms with Gasteiger partial charge in [-0.3, -0.25) is 0 Å². The molecule has 6 nitrogen and oxygen atoms in total. The molecule has 0 aromatic rings. The first-order chi connectivity index (χ1) is 7.38. The van der Waals surface area contributed by atoms with Crippen molar-refractivity contribution in [2.45, 2.75) is 32.9 Å². The summed E-state index contributed by atoms with van der Waals surface area (Å²) in [5.41, 5.74) is 0. The zero-order chi connectivity index (χ0) is 12.7. The highest BCUT2D eigenvalue weighted by atomic mass is 16.5. The van der Waals surface area contributed by atoms with E-state index in [1.807, 2.05) is 0 Å². The number of carbonyl (C=O) groups is 2. The fourth-order valence-electron chi connectivity index (χ4n) is 1.21. The Kier molecular flexibility index (Phi) is 6.48. The Morgan fingerprint density at radius 2 is 1.81 bits per heavy atom. The molecule has 0 radical (unpaired) electrons. The van der Waals surface area contributed by atoms with E-state index in [0.29, 0.717) is 6.61 Å². The molecule has 0 spiro atoms. The SMILES string of the molecule is COCC(C)NC(=O)N[C@@H](C(=O)O)C(C)C. The molecule has 0 aliphatic carbocycles. The van der Waals surface area contributed by atoms with Crippen LogP contribution in [-0.2, 0) is 9.53 Å². The molecular weight excluding hydrogens is 212 g/mol. The summed E-state index contributed by atoms with van der Waals surface area (Å²) in [6, 6.07) is -1.54. The number of amides is 2. The molecule has 1 unspecified atom stereocenters. The fraction of sp³-hybridized carbons (Fsp3) is 0.800. The molecule has 0 rings (SSSR count). The van der Waals surface area contributed by atoms with Gasteiger partial charge in [0, 0.05) is 7.11 Å². The maximum Gasteiger partial charge on any atom is 0.326 e. The topological polar surface area (TPSA) is 87.7 Å². The third-order valence-corrected chi connectivity index (χ3v) is 2.01. The zero-order valence-corrected chi connectivity index (χ0v) is 10.1. The number of methoxy groups -OCH3 is 1. The molecule has 94 valence electrons. The van der Waals surface area contributed by atoms with Crippen LogP contribution in [0.4, 0.5) is 4.79 Å². The molecule has 0 aromatic carbocycles. The summed E-state index contributed by atoms with van der Waals surface area (Å²) in [6.07, 6.45) is 0. The van der Waals surface area contributed by atoms with Crippen LogP contribution in [0.5, 0.6) is 0 Å². The molecule has 0 fully saturated rings. The van der Waals surface area contributed by atoms with Gasteiger partial charge in [-0.25, -0.2) is 9.59 Å². The van der Waals surface area contributed by atoms with Gasteiger partial charge < -0.3 is 20.5 Å². The van der Waals surface area contributed by atoms with Gasteiger partial charge in [0.05, 0.1) is 12.6 Å². The average molecular weight is 232 g/mol. The Hall–Kier alpha value is -1.30. The molecule has 0 heterocycles. The van der Waals surface area contributed by atoms with E-state index in [-0.39, 0.29) is 12.0 Å². The van der Waals surface area contributed by atoms with Crippen LogP contribution in [0.3, 0.4) is 0 Å². The van der Waals surface area contributed by atoms with Crippen LogP contribution in [0.2, 0.25) is 0 Å². The van der Waals surface area contributed by atoms with Crippen molar-refractivity contribution in [2.24, 2.45) is 5.92 Å². The number of carbonyl (C=O) groups excluding carboxylic acids is 1. The summed E-state index contributed by atoms with van der Waals surface area (Å²) in [7, 11) is 1.53. The van der Waals surface area contributed by atoms with Crippen molar-refractivity contribution in [3.05, 3.63) is 0 Å². The molecule has 0 saturated heterocycles. The maximum atomic E-state index is 11.4. The van der Waals surface area contributed by atoms with Gasteiger partial charge in [-0.1, -0.05) is 13.8 Å². The summed E-state index contributed by atoms with van der Waals surface area (Å²) in [4.78, 5) is 22.2. The van der Waals surface area contributed by atoms with Gasteiger partial charge in [-0.15, -0.1) is 0 Å². The molecule has 0 bridgehead atoms. The Morgan fingerprint density at radius 1 is 1.25 bits per heavy atom. The van der Waals surface area contributed by atoms with Crippen molar-refractivity contribution in [3.8, 4) is 0 Å². The molecule has 16 heavy (non-hydrogen) atoms. The van der Waals surface area contributed by atoms with Crippen molar-refractivity contribution >= 4 is 12.0 Å². The quantitative estimate of drug-likeness (QED) is 0.619. The minimum Gasteiger partial charge on any atom is -0.480 e. The van der Waals surface area contributed by atoms with Gasteiger partial charge >= 0.3 is 12.0 Å². The maximum absolute atomic E-state index is 11.4. The Morgan fingerprint density at radius 3 is 2.19 bits per heavy atom. The van der Waals surface area contributed by atoms with E-state index in [4.69, 9.17) is 9.84 Å². The third kappa shape index (κ3) is 5.55. The summed E-state index contributed by atoms with van der Waals surface area (Å²) < 4.78 is 4.85. The lowest BCUT2D eigenvalue weighted by molar-refractivity contribution is -0.140. The Bertz CT molecular complexity index is 243. The van der Waals surface area contributed by atoms with Crippen molar-refractivity contribution in [1.29, 1.82) is 0 Å². The second-order valence-electron chi connectivity index (χ2n) is 4.03. The van der Waals surface area contributed by atoms with Crippen LogP contribution in [0.1, 0.15) is 20.8 Å². The molecule has 0 aliphatic rings. The monoisotopic (exact) mass is 232 g/mol. The molecule has 2 atom stereocenters. The molecule has 0 aromatic heterocycles. The normalized spacial score (nSPS) is 14.3. The minimum absolute atomic E-state index is 0.161. The second-order valence-corrected chi connectivity index (χ2v) is 4.03. The summed E-state index contributed by atoms with van der Waals surface area (Å²) >= 11 is 0. The van der Waals surface area contributed by atoms with Crippen LogP contribution in [0, 0.1) is 5.92 Å². The van der Waals surface area contributed by atoms with Crippen LogP contribution in [-0.4, -0.2) is 42.9 Å². The number of carboxylic acids is 1. The van der Waals surface area contributed by atoms with Gasteiger partial charge in [0.2, 0.25) is 0 Å². The van der Waals surface area contributed by atoms with Gasteiger partial charge in [0.1, 0.15) is 6.04 Å². The van der Waals surface area contributed by atoms with E-state index in [2.05, 4.69) is 10.6 Å².